The molecule has 1 aromatic rings. The molecule has 0 aliphatic heterocycles. The van der Waals surface area contributed by atoms with E-state index in [1.165, 1.54) is 13.2 Å². The Labute approximate surface area is 57.8 Å². The minimum atomic E-state index is -0.115. The largest absolute Gasteiger partial charge is 0.481 e. The standard InChI is InChI=1S/C6H8N2O2/c1-4-5(9)3-6(10-2)8-7-4/h3H,1-2H3,(H,8,9). The third-order valence-electron chi connectivity index (χ3n) is 1.17. The summed E-state index contributed by atoms with van der Waals surface area (Å²) < 4.78 is 4.73. The maximum atomic E-state index is 10.8. The lowest BCUT2D eigenvalue weighted by Crippen LogP contribution is -2.08. The lowest BCUT2D eigenvalue weighted by molar-refractivity contribution is 0.390. The normalized spacial score (nSPS) is 9.40. The lowest BCUT2D eigenvalue weighted by atomic mass is 10.4. The van der Waals surface area contributed by atoms with Crippen LogP contribution in [0, 0.1) is 6.92 Å². The van der Waals surface area contributed by atoms with E-state index in [-0.39, 0.29) is 5.43 Å². The Morgan fingerprint density at radius 3 is 2.90 bits per heavy atom. The van der Waals surface area contributed by atoms with Crippen LogP contribution in [-0.2, 0) is 0 Å². The SMILES string of the molecule is COc1cc(=O)c(C)n[nH]1. The van der Waals surface area contributed by atoms with Gasteiger partial charge in [-0.1, -0.05) is 0 Å². The average Bonchev–Trinajstić information content (AvgIpc) is 1.95. The molecule has 10 heavy (non-hydrogen) atoms. The van der Waals surface area contributed by atoms with E-state index in [1.54, 1.807) is 6.92 Å². The molecule has 0 saturated heterocycles. The second kappa shape index (κ2) is 2.51. The molecule has 0 unspecified atom stereocenters. The molecule has 0 radical (unpaired) electrons. The first-order valence-corrected chi connectivity index (χ1v) is 2.84. The number of methoxy groups -OCH3 is 1. The van der Waals surface area contributed by atoms with Gasteiger partial charge in [0.1, 0.15) is 5.69 Å². The fourth-order valence-corrected chi connectivity index (χ4v) is 0.554. The minimum absolute atomic E-state index is 0.115. The molecule has 0 amide bonds. The number of aryl methyl sites for hydroxylation is 1. The number of aromatic amines is 1. The van der Waals surface area contributed by atoms with E-state index < -0.39 is 0 Å². The van der Waals surface area contributed by atoms with Gasteiger partial charge in [0.15, 0.2) is 0 Å². The van der Waals surface area contributed by atoms with Crippen LogP contribution in [0.15, 0.2) is 10.9 Å². The Balaban J connectivity index is 3.17. The predicted octanol–water partition coefficient (Wildman–Crippen LogP) is 0.0869. The Morgan fingerprint density at radius 2 is 2.40 bits per heavy atom. The maximum absolute atomic E-state index is 10.8. The van der Waals surface area contributed by atoms with E-state index in [2.05, 4.69) is 10.2 Å². The van der Waals surface area contributed by atoms with Crippen molar-refractivity contribution in [2.45, 2.75) is 6.92 Å². The Morgan fingerprint density at radius 1 is 1.70 bits per heavy atom. The van der Waals surface area contributed by atoms with E-state index in [0.717, 1.165) is 0 Å². The van der Waals surface area contributed by atoms with Crippen molar-refractivity contribution in [3.63, 3.8) is 0 Å². The molecule has 1 aromatic heterocycles. The van der Waals surface area contributed by atoms with Crippen LogP contribution in [0.4, 0.5) is 0 Å². The molecule has 0 atom stereocenters. The number of ether oxygens (including phenoxy) is 1. The molecule has 4 heteroatoms. The first-order valence-electron chi connectivity index (χ1n) is 2.84. The van der Waals surface area contributed by atoms with E-state index in [4.69, 9.17) is 4.74 Å². The molecular weight excluding hydrogens is 132 g/mol. The molecule has 4 nitrogen and oxygen atoms in total. The third-order valence-corrected chi connectivity index (χ3v) is 1.17. The number of rotatable bonds is 1. The van der Waals surface area contributed by atoms with Crippen LogP contribution >= 0.6 is 0 Å². The molecule has 0 saturated carbocycles. The monoisotopic (exact) mass is 140 g/mol. The van der Waals surface area contributed by atoms with Crippen molar-refractivity contribution >= 4 is 0 Å². The van der Waals surface area contributed by atoms with Crippen molar-refractivity contribution in [2.24, 2.45) is 0 Å². The Hall–Kier alpha value is -1.32. The van der Waals surface area contributed by atoms with Gasteiger partial charge in [-0.3, -0.25) is 4.79 Å². The number of nitrogens with zero attached hydrogens (tertiary/aromatic N) is 1. The molecule has 1 N–H and O–H groups in total. The van der Waals surface area contributed by atoms with Crippen LogP contribution in [-0.4, -0.2) is 17.3 Å². The number of nitrogens with one attached hydrogen (secondary N) is 1. The minimum Gasteiger partial charge on any atom is -0.481 e. The van der Waals surface area contributed by atoms with Gasteiger partial charge in [0, 0.05) is 6.07 Å². The van der Waals surface area contributed by atoms with Gasteiger partial charge < -0.3 is 4.74 Å². The smallest absolute Gasteiger partial charge is 0.211 e. The van der Waals surface area contributed by atoms with Gasteiger partial charge in [0.05, 0.1) is 7.11 Å². The van der Waals surface area contributed by atoms with Crippen molar-refractivity contribution in [3.05, 3.63) is 22.0 Å². The van der Waals surface area contributed by atoms with Gasteiger partial charge >= 0.3 is 0 Å². The van der Waals surface area contributed by atoms with Crippen LogP contribution < -0.4 is 10.2 Å². The Bertz CT molecular complexity index is 279. The fraction of sp³-hybridized carbons (Fsp3) is 0.333. The zero-order valence-corrected chi connectivity index (χ0v) is 5.84. The molecule has 54 valence electrons. The van der Waals surface area contributed by atoms with Crippen LogP contribution in [0.1, 0.15) is 5.69 Å². The number of hydrogen-bond acceptors (Lipinski definition) is 3. The quantitative estimate of drug-likeness (QED) is 0.601. The number of aromatic nitrogens is 2. The molecule has 1 heterocycles. The highest BCUT2D eigenvalue weighted by atomic mass is 16.5. The lowest BCUT2D eigenvalue weighted by Gasteiger charge is -1.96. The van der Waals surface area contributed by atoms with Crippen molar-refractivity contribution in [2.75, 3.05) is 7.11 Å². The van der Waals surface area contributed by atoms with Crippen molar-refractivity contribution in [1.29, 1.82) is 0 Å². The summed E-state index contributed by atoms with van der Waals surface area (Å²) in [5.74, 6) is 0.385. The molecule has 0 aliphatic rings. The van der Waals surface area contributed by atoms with Crippen LogP contribution in [0.2, 0.25) is 0 Å². The van der Waals surface area contributed by atoms with Crippen molar-refractivity contribution < 1.29 is 4.74 Å². The van der Waals surface area contributed by atoms with E-state index in [0.29, 0.717) is 11.6 Å². The summed E-state index contributed by atoms with van der Waals surface area (Å²) in [5.41, 5.74) is 0.330. The summed E-state index contributed by atoms with van der Waals surface area (Å²) in [7, 11) is 1.47. The van der Waals surface area contributed by atoms with E-state index >= 15 is 0 Å². The van der Waals surface area contributed by atoms with Gasteiger partial charge in [-0.15, -0.1) is 0 Å². The number of hydrogen-bond donors (Lipinski definition) is 1. The second-order valence-corrected chi connectivity index (χ2v) is 1.89. The van der Waals surface area contributed by atoms with Crippen LogP contribution in [0.5, 0.6) is 5.88 Å². The summed E-state index contributed by atoms with van der Waals surface area (Å²) in [5, 5.41) is 6.24. The highest BCUT2D eigenvalue weighted by molar-refractivity contribution is 5.10. The summed E-state index contributed by atoms with van der Waals surface area (Å²) in [4.78, 5) is 10.8. The predicted molar refractivity (Wildman–Crippen MR) is 36.1 cm³/mol. The Kier molecular flexibility index (Phi) is 1.71. The molecule has 0 bridgehead atoms. The van der Waals surface area contributed by atoms with Crippen LogP contribution in [0.3, 0.4) is 0 Å². The van der Waals surface area contributed by atoms with Crippen molar-refractivity contribution in [1.82, 2.24) is 10.2 Å². The molecule has 0 aliphatic carbocycles. The fourth-order valence-electron chi connectivity index (χ4n) is 0.554. The summed E-state index contributed by atoms with van der Waals surface area (Å²) >= 11 is 0. The zero-order valence-electron chi connectivity index (χ0n) is 5.84. The molecule has 1 rings (SSSR count). The number of H-pyrrole nitrogens is 1. The average molecular weight is 140 g/mol. The molecule has 0 aromatic carbocycles. The highest BCUT2D eigenvalue weighted by Gasteiger charge is 1.95. The van der Waals surface area contributed by atoms with Gasteiger partial charge in [-0.2, -0.15) is 5.10 Å². The second-order valence-electron chi connectivity index (χ2n) is 1.89. The topological polar surface area (TPSA) is 55.0 Å². The first-order chi connectivity index (χ1) is 4.74. The van der Waals surface area contributed by atoms with E-state index in [1.807, 2.05) is 0 Å². The van der Waals surface area contributed by atoms with Crippen LogP contribution in [0.25, 0.3) is 0 Å². The van der Waals surface area contributed by atoms with Gasteiger partial charge in [-0.05, 0) is 6.92 Å². The maximum Gasteiger partial charge on any atom is 0.211 e. The molecule has 0 fully saturated rings. The van der Waals surface area contributed by atoms with E-state index in [9.17, 15) is 4.79 Å². The van der Waals surface area contributed by atoms with Gasteiger partial charge in [0.25, 0.3) is 0 Å². The van der Waals surface area contributed by atoms with Crippen molar-refractivity contribution in [3.8, 4) is 5.88 Å². The van der Waals surface area contributed by atoms with Gasteiger partial charge in [0.2, 0.25) is 11.3 Å². The summed E-state index contributed by atoms with van der Waals surface area (Å²) in [6.07, 6.45) is 0. The molecular formula is C6H8N2O2. The van der Waals surface area contributed by atoms with Gasteiger partial charge in [-0.25, -0.2) is 5.10 Å². The first kappa shape index (κ1) is 6.80. The summed E-state index contributed by atoms with van der Waals surface area (Å²) in [6, 6.07) is 1.36. The zero-order chi connectivity index (χ0) is 7.56. The highest BCUT2D eigenvalue weighted by Crippen LogP contribution is 1.96. The summed E-state index contributed by atoms with van der Waals surface area (Å²) in [6.45, 7) is 1.64. The molecule has 0 spiro atoms. The third kappa shape index (κ3) is 1.15.